The van der Waals surface area contributed by atoms with Gasteiger partial charge in [-0.05, 0) is 5.92 Å². The maximum Gasteiger partial charge on any atom is 0.356 e. The van der Waals surface area contributed by atoms with Crippen LogP contribution in [0.4, 0.5) is 0 Å². The van der Waals surface area contributed by atoms with Gasteiger partial charge in [-0.1, -0.05) is 20.3 Å². The lowest BCUT2D eigenvalue weighted by Crippen LogP contribution is -2.30. The summed E-state index contributed by atoms with van der Waals surface area (Å²) in [6.45, 7) is 4.50. The van der Waals surface area contributed by atoms with Gasteiger partial charge in [-0.3, -0.25) is 4.79 Å². The number of aromatic carboxylic acids is 1. The van der Waals surface area contributed by atoms with Crippen LogP contribution >= 0.6 is 0 Å². The maximum atomic E-state index is 11.7. The molecule has 2 N–H and O–H groups in total. The second-order valence-electron chi connectivity index (χ2n) is 3.78. The van der Waals surface area contributed by atoms with Crippen LogP contribution in [0.3, 0.4) is 0 Å². The van der Waals surface area contributed by atoms with Gasteiger partial charge in [0.1, 0.15) is 0 Å². The highest BCUT2D eigenvalue weighted by molar-refractivity contribution is 6.01. The average Bonchev–Trinajstić information content (AvgIpc) is 2.35. The molecule has 0 radical (unpaired) electrons. The van der Waals surface area contributed by atoms with Gasteiger partial charge in [-0.2, -0.15) is 0 Å². The van der Waals surface area contributed by atoms with Gasteiger partial charge < -0.3 is 10.4 Å². The van der Waals surface area contributed by atoms with Gasteiger partial charge in [0.05, 0.1) is 0 Å². The summed E-state index contributed by atoms with van der Waals surface area (Å²) in [5.41, 5.74) is -0.475. The molecule has 6 heteroatoms. The second-order valence-corrected chi connectivity index (χ2v) is 3.78. The number of hydrogen-bond donors (Lipinski definition) is 2. The number of carbonyl (C=O) groups excluding carboxylic acids is 1. The normalized spacial score (nSPS) is 11.9. The summed E-state index contributed by atoms with van der Waals surface area (Å²) in [5, 5.41) is 11.5. The molecule has 0 fully saturated rings. The van der Waals surface area contributed by atoms with Crippen LogP contribution in [0.1, 0.15) is 41.2 Å². The van der Waals surface area contributed by atoms with E-state index in [2.05, 4.69) is 15.3 Å². The second kappa shape index (κ2) is 5.93. The van der Waals surface area contributed by atoms with E-state index in [1.54, 1.807) is 0 Å². The smallest absolute Gasteiger partial charge is 0.356 e. The molecule has 0 spiro atoms. The molecule has 1 heterocycles. The number of carboxylic acid groups (broad SMARTS) is 1. The van der Waals surface area contributed by atoms with Crippen LogP contribution in [0.25, 0.3) is 0 Å². The van der Waals surface area contributed by atoms with Gasteiger partial charge in [-0.15, -0.1) is 0 Å². The molecule has 0 bridgehead atoms. The largest absolute Gasteiger partial charge is 0.476 e. The molecule has 0 aliphatic heterocycles. The molecule has 17 heavy (non-hydrogen) atoms. The van der Waals surface area contributed by atoms with Crippen molar-refractivity contribution in [3.8, 4) is 0 Å². The Labute approximate surface area is 99.1 Å². The van der Waals surface area contributed by atoms with Crippen molar-refractivity contribution in [3.63, 3.8) is 0 Å². The first kappa shape index (κ1) is 13.1. The molecule has 1 aromatic heterocycles. The third kappa shape index (κ3) is 3.51. The minimum atomic E-state index is -1.26. The van der Waals surface area contributed by atoms with Crippen LogP contribution in [-0.4, -0.2) is 33.5 Å². The molecule has 0 saturated carbocycles. The fourth-order valence-electron chi connectivity index (χ4n) is 1.16. The highest BCUT2D eigenvalue weighted by Crippen LogP contribution is 2.03. The van der Waals surface area contributed by atoms with E-state index in [-0.39, 0.29) is 11.4 Å². The van der Waals surface area contributed by atoms with E-state index < -0.39 is 11.9 Å². The lowest BCUT2D eigenvalue weighted by molar-refractivity contribution is 0.0683. The van der Waals surface area contributed by atoms with Crippen molar-refractivity contribution in [3.05, 3.63) is 23.8 Å². The minimum absolute atomic E-state index is 0.150. The molecule has 0 saturated heterocycles. The van der Waals surface area contributed by atoms with Crippen LogP contribution < -0.4 is 5.32 Å². The number of nitrogens with zero attached hydrogens (tertiary/aromatic N) is 2. The molecule has 1 atom stereocenters. The Balaban J connectivity index is 2.78. The lowest BCUT2D eigenvalue weighted by atomic mass is 10.1. The molecular formula is C11H15N3O3. The number of aromatic nitrogens is 2. The predicted molar refractivity (Wildman–Crippen MR) is 60.8 cm³/mol. The monoisotopic (exact) mass is 237 g/mol. The molecule has 1 aromatic rings. The first-order valence-corrected chi connectivity index (χ1v) is 5.38. The average molecular weight is 237 g/mol. The summed E-state index contributed by atoms with van der Waals surface area (Å²) in [6.07, 6.45) is 3.48. The highest BCUT2D eigenvalue weighted by atomic mass is 16.4. The first-order chi connectivity index (χ1) is 8.06. The quantitative estimate of drug-likeness (QED) is 0.795. The highest BCUT2D eigenvalue weighted by Gasteiger charge is 2.19. The summed E-state index contributed by atoms with van der Waals surface area (Å²) in [7, 11) is 0. The van der Waals surface area contributed by atoms with Gasteiger partial charge in [0.2, 0.25) is 0 Å². The number of carbonyl (C=O) groups is 2. The third-order valence-corrected chi connectivity index (χ3v) is 2.42. The van der Waals surface area contributed by atoms with Crippen LogP contribution in [0.15, 0.2) is 12.4 Å². The SMILES string of the molecule is CCC(C)CNC(=O)c1nccnc1C(=O)O. The Morgan fingerprint density at radius 2 is 1.94 bits per heavy atom. The molecular weight excluding hydrogens is 222 g/mol. The number of rotatable bonds is 5. The fourth-order valence-corrected chi connectivity index (χ4v) is 1.16. The van der Waals surface area contributed by atoms with Crippen molar-refractivity contribution in [2.24, 2.45) is 5.92 Å². The summed E-state index contributed by atoms with van der Waals surface area (Å²) < 4.78 is 0. The van der Waals surface area contributed by atoms with Crippen LogP contribution in [-0.2, 0) is 0 Å². The Kier molecular flexibility index (Phi) is 4.56. The Bertz CT molecular complexity index is 420. The molecule has 0 aliphatic rings. The number of carboxylic acids is 1. The van der Waals surface area contributed by atoms with Crippen molar-refractivity contribution in [1.82, 2.24) is 15.3 Å². The fraction of sp³-hybridized carbons (Fsp3) is 0.455. The molecule has 1 unspecified atom stereocenters. The van der Waals surface area contributed by atoms with E-state index in [0.717, 1.165) is 6.42 Å². The van der Waals surface area contributed by atoms with Crippen molar-refractivity contribution < 1.29 is 14.7 Å². The summed E-state index contributed by atoms with van der Waals surface area (Å²) in [6, 6.07) is 0. The standard InChI is InChI=1S/C11H15N3O3/c1-3-7(2)6-14-10(15)8-9(11(16)17)13-5-4-12-8/h4-5,7H,3,6H2,1-2H3,(H,14,15)(H,16,17). The molecule has 1 amide bonds. The zero-order valence-electron chi connectivity index (χ0n) is 9.80. The predicted octanol–water partition coefficient (Wildman–Crippen LogP) is 0.951. The van der Waals surface area contributed by atoms with E-state index in [1.807, 2.05) is 13.8 Å². The van der Waals surface area contributed by atoms with Crippen molar-refractivity contribution >= 4 is 11.9 Å². The van der Waals surface area contributed by atoms with Crippen LogP contribution in [0, 0.1) is 5.92 Å². The zero-order chi connectivity index (χ0) is 12.8. The minimum Gasteiger partial charge on any atom is -0.476 e. The van der Waals surface area contributed by atoms with E-state index in [9.17, 15) is 9.59 Å². The number of amides is 1. The van der Waals surface area contributed by atoms with Crippen LogP contribution in [0.2, 0.25) is 0 Å². The van der Waals surface area contributed by atoms with E-state index >= 15 is 0 Å². The lowest BCUT2D eigenvalue weighted by Gasteiger charge is -2.10. The Morgan fingerprint density at radius 3 is 2.47 bits per heavy atom. The van der Waals surface area contributed by atoms with Crippen molar-refractivity contribution in [2.75, 3.05) is 6.54 Å². The molecule has 0 aliphatic carbocycles. The number of nitrogens with one attached hydrogen (secondary N) is 1. The van der Waals surface area contributed by atoms with Crippen LogP contribution in [0.5, 0.6) is 0 Å². The van der Waals surface area contributed by atoms with E-state index in [1.165, 1.54) is 12.4 Å². The van der Waals surface area contributed by atoms with Gasteiger partial charge >= 0.3 is 5.97 Å². The van der Waals surface area contributed by atoms with Crippen molar-refractivity contribution in [2.45, 2.75) is 20.3 Å². The summed E-state index contributed by atoms with van der Waals surface area (Å²) in [4.78, 5) is 29.9. The van der Waals surface area contributed by atoms with Gasteiger partial charge in [0.15, 0.2) is 11.4 Å². The molecule has 1 rings (SSSR count). The maximum absolute atomic E-state index is 11.7. The van der Waals surface area contributed by atoms with E-state index in [4.69, 9.17) is 5.11 Å². The van der Waals surface area contributed by atoms with E-state index in [0.29, 0.717) is 12.5 Å². The topological polar surface area (TPSA) is 92.2 Å². The summed E-state index contributed by atoms with van der Waals surface area (Å²) >= 11 is 0. The number of hydrogen-bond acceptors (Lipinski definition) is 4. The molecule has 92 valence electrons. The first-order valence-electron chi connectivity index (χ1n) is 5.38. The third-order valence-electron chi connectivity index (χ3n) is 2.42. The molecule has 6 nitrogen and oxygen atoms in total. The van der Waals surface area contributed by atoms with Gasteiger partial charge in [0, 0.05) is 18.9 Å². The summed E-state index contributed by atoms with van der Waals surface area (Å²) in [5.74, 6) is -1.42. The molecule has 0 aromatic carbocycles. The van der Waals surface area contributed by atoms with Gasteiger partial charge in [-0.25, -0.2) is 14.8 Å². The zero-order valence-corrected chi connectivity index (χ0v) is 9.80. The Hall–Kier alpha value is -1.98. The Morgan fingerprint density at radius 1 is 1.35 bits per heavy atom. The van der Waals surface area contributed by atoms with Crippen molar-refractivity contribution in [1.29, 1.82) is 0 Å². The van der Waals surface area contributed by atoms with Gasteiger partial charge in [0.25, 0.3) is 5.91 Å².